The van der Waals surface area contributed by atoms with E-state index in [0.717, 1.165) is 103 Å². The molecule has 19 N–H and O–H groups in total. The Morgan fingerprint density at radius 3 is 0.854 bits per heavy atom. The van der Waals surface area contributed by atoms with Crippen LogP contribution in [0.4, 0.5) is 0 Å². The first-order valence-corrected chi connectivity index (χ1v) is 21.4. The maximum atomic E-state index is 5.21. The van der Waals surface area contributed by atoms with Crippen molar-refractivity contribution in [3.63, 3.8) is 0 Å². The molecule has 0 saturated carbocycles. The molecule has 13 heteroatoms. The standard InChI is InChI=1S/C5H13N.C4H12N2.C4H11NO.C4H11NS.3C4H11N.C3H9NS.C3H9N/c1-2-3-4-5-6;3*1-6-4-2-3-5;3*1-2-3-4-5;1-5-3-2-4;1-2-3-4/h2-6H2,1H3;6H,2-5H2,1H3;2*2-5H2,1H3;3*2-5H2,1H3;2-4H2,1H3;2-4H2,1H3. The first-order chi connectivity index (χ1) is 23.2. The molecule has 0 aromatic rings. The second-order valence-electron chi connectivity index (χ2n) is 10.0. The lowest BCUT2D eigenvalue weighted by Gasteiger charge is -1.90. The molecule has 0 aromatic carbocycles. The fourth-order valence-electron chi connectivity index (χ4n) is 1.86. The molecule has 0 fully saturated rings. The van der Waals surface area contributed by atoms with Gasteiger partial charge in [-0.2, -0.15) is 23.5 Å². The Kier molecular flexibility index (Phi) is 161. The summed E-state index contributed by atoms with van der Waals surface area (Å²) < 4.78 is 4.70. The van der Waals surface area contributed by atoms with Crippen molar-refractivity contribution in [2.45, 2.75) is 118 Å². The maximum Gasteiger partial charge on any atom is 0.0474 e. The lowest BCUT2D eigenvalue weighted by atomic mass is 10.3. The minimum atomic E-state index is 0.730. The van der Waals surface area contributed by atoms with Crippen LogP contribution in [0.15, 0.2) is 0 Å². The van der Waals surface area contributed by atoms with Crippen LogP contribution in [0.5, 0.6) is 0 Å². The van der Waals surface area contributed by atoms with Crippen molar-refractivity contribution in [1.82, 2.24) is 5.32 Å². The van der Waals surface area contributed by atoms with E-state index in [0.29, 0.717) is 0 Å². The average Bonchev–Trinajstić information content (AvgIpc) is 3.11. The van der Waals surface area contributed by atoms with Gasteiger partial charge in [0, 0.05) is 26.0 Å². The summed E-state index contributed by atoms with van der Waals surface area (Å²) in [7, 11) is 3.60. The highest BCUT2D eigenvalue weighted by molar-refractivity contribution is 7.98. The molecule has 0 aliphatic rings. The van der Waals surface area contributed by atoms with Crippen LogP contribution in [0.3, 0.4) is 0 Å². The van der Waals surface area contributed by atoms with Crippen molar-refractivity contribution in [3.8, 4) is 0 Å². The van der Waals surface area contributed by atoms with Gasteiger partial charge in [-0.3, -0.25) is 0 Å². The summed E-state index contributed by atoms with van der Waals surface area (Å²) in [5, 5.41) is 2.99. The monoisotopic (exact) mass is 739 g/mol. The molecule has 0 radical (unpaired) electrons. The van der Waals surface area contributed by atoms with Crippen LogP contribution in [0, 0.1) is 0 Å². The zero-order valence-corrected chi connectivity index (χ0v) is 35.9. The largest absolute Gasteiger partial charge is 0.385 e. The van der Waals surface area contributed by atoms with Gasteiger partial charge in [-0.1, -0.05) is 66.7 Å². The van der Waals surface area contributed by atoms with E-state index in [1.165, 1.54) is 63.5 Å². The summed E-state index contributed by atoms with van der Waals surface area (Å²) in [6, 6.07) is 0. The van der Waals surface area contributed by atoms with E-state index in [4.69, 9.17) is 56.3 Å². The molecule has 11 nitrogen and oxygen atoms in total. The van der Waals surface area contributed by atoms with Crippen molar-refractivity contribution < 1.29 is 4.74 Å². The Morgan fingerprint density at radius 2 is 0.771 bits per heavy atom. The number of rotatable bonds is 21. The molecule has 0 aliphatic carbocycles. The summed E-state index contributed by atoms with van der Waals surface area (Å²) in [4.78, 5) is 0. The molecule has 306 valence electrons. The average molecular weight is 739 g/mol. The molecule has 0 saturated heterocycles. The fraction of sp³-hybridized carbons (Fsp3) is 1.00. The molecule has 0 heterocycles. The summed E-state index contributed by atoms with van der Waals surface area (Å²) in [5.74, 6) is 2.29. The van der Waals surface area contributed by atoms with Gasteiger partial charge in [0.25, 0.3) is 0 Å². The Balaban J connectivity index is -0.0000000511. The number of thioether (sulfide) groups is 2. The molecule has 0 rings (SSSR count). The highest BCUT2D eigenvalue weighted by Gasteiger charge is 1.77. The minimum absolute atomic E-state index is 0.730. The number of hydrogen-bond acceptors (Lipinski definition) is 13. The lowest BCUT2D eigenvalue weighted by Crippen LogP contribution is -2.12. The molecule has 48 heavy (non-hydrogen) atoms. The first kappa shape index (κ1) is 69.9. The van der Waals surface area contributed by atoms with E-state index in [9.17, 15) is 0 Å². The van der Waals surface area contributed by atoms with Crippen LogP contribution in [-0.4, -0.2) is 110 Å². The van der Waals surface area contributed by atoms with E-state index in [-0.39, 0.29) is 0 Å². The summed E-state index contributed by atoms with van der Waals surface area (Å²) >= 11 is 3.62. The van der Waals surface area contributed by atoms with Gasteiger partial charge in [-0.25, -0.2) is 0 Å². The number of nitrogens with one attached hydrogen (secondary N) is 1. The van der Waals surface area contributed by atoms with Crippen molar-refractivity contribution in [2.24, 2.45) is 51.6 Å². The van der Waals surface area contributed by atoms with Gasteiger partial charge >= 0.3 is 0 Å². The Morgan fingerprint density at radius 1 is 0.417 bits per heavy atom. The normalized spacial score (nSPS) is 8.62. The third-order valence-electron chi connectivity index (χ3n) is 4.83. The van der Waals surface area contributed by atoms with E-state index >= 15 is 0 Å². The van der Waals surface area contributed by atoms with Crippen molar-refractivity contribution >= 4 is 23.5 Å². The topological polar surface area (TPSA) is 255 Å². The number of nitrogens with two attached hydrogens (primary N) is 9. The van der Waals surface area contributed by atoms with Crippen LogP contribution in [0.2, 0.25) is 0 Å². The van der Waals surface area contributed by atoms with Crippen LogP contribution >= 0.6 is 23.5 Å². The van der Waals surface area contributed by atoms with Crippen LogP contribution in [0.1, 0.15) is 118 Å². The predicted octanol–water partition coefficient (Wildman–Crippen LogP) is 4.27. The van der Waals surface area contributed by atoms with Crippen molar-refractivity contribution in [1.29, 1.82) is 0 Å². The van der Waals surface area contributed by atoms with Gasteiger partial charge in [0.15, 0.2) is 0 Å². The molecular formula is C35H98N10OS2. The molecule has 0 bridgehead atoms. The number of ether oxygens (including phenoxy) is 1. The van der Waals surface area contributed by atoms with Gasteiger partial charge in [0.05, 0.1) is 0 Å². The second kappa shape index (κ2) is 110. The zero-order chi connectivity index (χ0) is 39.2. The third-order valence-corrected chi connectivity index (χ3v) is 6.17. The van der Waals surface area contributed by atoms with Gasteiger partial charge < -0.3 is 61.7 Å². The molecule has 0 amide bonds. The van der Waals surface area contributed by atoms with Crippen LogP contribution in [-0.2, 0) is 4.74 Å². The van der Waals surface area contributed by atoms with Gasteiger partial charge in [0.2, 0.25) is 0 Å². The molecule has 0 aliphatic heterocycles. The highest BCUT2D eigenvalue weighted by Crippen LogP contribution is 1.91. The Bertz CT molecular complexity index is 266. The first-order valence-electron chi connectivity index (χ1n) is 18.7. The Hall–Kier alpha value is 0.260. The van der Waals surface area contributed by atoms with E-state index in [1.807, 2.05) is 25.1 Å². The zero-order valence-electron chi connectivity index (χ0n) is 34.3. The number of unbranched alkanes of at least 4 members (excludes halogenated alkanes) is 5. The highest BCUT2D eigenvalue weighted by atomic mass is 32.2. The van der Waals surface area contributed by atoms with Crippen molar-refractivity contribution in [3.05, 3.63) is 0 Å². The van der Waals surface area contributed by atoms with E-state index in [1.54, 1.807) is 18.9 Å². The Labute approximate surface area is 312 Å². The fourth-order valence-corrected chi connectivity index (χ4v) is 2.55. The summed E-state index contributed by atoms with van der Waals surface area (Å²) in [6.07, 6.45) is 19.4. The van der Waals surface area contributed by atoms with E-state index in [2.05, 4.69) is 46.2 Å². The lowest BCUT2D eigenvalue weighted by molar-refractivity contribution is 0.197. The smallest absolute Gasteiger partial charge is 0.0474 e. The van der Waals surface area contributed by atoms with Crippen LogP contribution in [0.25, 0.3) is 0 Å². The number of hydrogen-bond donors (Lipinski definition) is 10. The maximum absolute atomic E-state index is 5.21. The molecule has 0 atom stereocenters. The van der Waals surface area contributed by atoms with Crippen LogP contribution < -0.4 is 56.9 Å². The summed E-state index contributed by atoms with van der Waals surface area (Å²) in [6.45, 7) is 19.8. The number of methoxy groups -OCH3 is 1. The van der Waals surface area contributed by atoms with Gasteiger partial charge in [-0.15, -0.1) is 0 Å². The van der Waals surface area contributed by atoms with Gasteiger partial charge in [0.1, 0.15) is 0 Å². The second-order valence-corrected chi connectivity index (χ2v) is 12.0. The van der Waals surface area contributed by atoms with Gasteiger partial charge in [-0.05, 0) is 136 Å². The SMILES string of the molecule is CCCCCN.CCCCN.CCCCN.CCCCN.CCCN.CNCCCN.COCCCN.CSCCCN.CSCCN. The predicted molar refractivity (Wildman–Crippen MR) is 232 cm³/mol. The molecule has 0 aromatic heterocycles. The quantitative estimate of drug-likeness (QED) is 0.0739. The molecule has 0 unspecified atom stereocenters. The summed E-state index contributed by atoms with van der Waals surface area (Å²) in [5.41, 5.74) is 46.3. The van der Waals surface area contributed by atoms with E-state index < -0.39 is 0 Å². The molecular weight excluding hydrogens is 641 g/mol. The molecule has 0 spiro atoms. The third kappa shape index (κ3) is 210. The van der Waals surface area contributed by atoms with Crippen molar-refractivity contribution in [2.75, 3.05) is 110 Å². The minimum Gasteiger partial charge on any atom is -0.385 e.